The summed E-state index contributed by atoms with van der Waals surface area (Å²) in [5, 5.41) is 10.7. The van der Waals surface area contributed by atoms with Crippen LogP contribution in [0.5, 0.6) is 5.75 Å². The van der Waals surface area contributed by atoms with Gasteiger partial charge in [-0.05, 0) is 24.6 Å². The first kappa shape index (κ1) is 23.9. The molecule has 1 heterocycles. The summed E-state index contributed by atoms with van der Waals surface area (Å²) in [5.41, 5.74) is 3.76. The highest BCUT2D eigenvalue weighted by molar-refractivity contribution is 9.10. The molecule has 0 saturated carbocycles. The van der Waals surface area contributed by atoms with Gasteiger partial charge in [-0.2, -0.15) is 0 Å². The molecule has 1 aromatic carbocycles. The van der Waals surface area contributed by atoms with Crippen molar-refractivity contribution in [2.45, 2.75) is 71.1 Å². The third-order valence-electron chi connectivity index (χ3n) is 5.00. The second-order valence-corrected chi connectivity index (χ2v) is 8.36. The number of carbonyl (C=O) groups excluding carboxylic acids is 2. The molecule has 30 heavy (non-hydrogen) atoms. The minimum atomic E-state index is -0.865. The first-order chi connectivity index (χ1) is 14.4. The third kappa shape index (κ3) is 7.16. The van der Waals surface area contributed by atoms with Crippen molar-refractivity contribution in [3.63, 3.8) is 0 Å². The van der Waals surface area contributed by atoms with Crippen LogP contribution in [0.15, 0.2) is 27.5 Å². The van der Waals surface area contributed by atoms with E-state index >= 15 is 0 Å². The molecule has 0 bridgehead atoms. The van der Waals surface area contributed by atoms with Crippen LogP contribution in [-0.4, -0.2) is 21.9 Å². The fourth-order valence-electron chi connectivity index (χ4n) is 3.31. The zero-order valence-corrected chi connectivity index (χ0v) is 18.9. The molecule has 8 heteroatoms. The maximum absolute atomic E-state index is 12.3. The van der Waals surface area contributed by atoms with Crippen LogP contribution in [0.2, 0.25) is 0 Å². The molecule has 0 saturated heterocycles. The summed E-state index contributed by atoms with van der Waals surface area (Å²) in [4.78, 5) is 39.0. The molecule has 2 rings (SSSR count). The molecule has 0 aliphatic heterocycles. The number of unbranched alkanes of at least 4 members (excludes halogenated alkanes) is 8. The standard InChI is InChI=1S/C22H30BrN3O4/c1-2-3-4-5-6-7-8-9-10-11-18(27)25-26-22(30)19-20(28)16-14-15(23)12-13-17(16)24-21(19)29/h12-14H,2-11H2,1H3,(H,25,27)(H,26,30)(H2,24,28,29). The van der Waals surface area contributed by atoms with Crippen LogP contribution in [0, 0.1) is 0 Å². The number of hydrazine groups is 1. The predicted octanol–water partition coefficient (Wildman–Crippen LogP) is 4.68. The normalized spacial score (nSPS) is 10.9. The lowest BCUT2D eigenvalue weighted by atomic mass is 10.1. The number of carbonyl (C=O) groups is 2. The minimum Gasteiger partial charge on any atom is -0.506 e. The number of pyridine rings is 1. The Hall–Kier alpha value is -2.35. The molecule has 7 nitrogen and oxygen atoms in total. The highest BCUT2D eigenvalue weighted by Crippen LogP contribution is 2.27. The zero-order valence-electron chi connectivity index (χ0n) is 17.4. The van der Waals surface area contributed by atoms with Crippen LogP contribution in [-0.2, 0) is 4.79 Å². The Labute approximate surface area is 184 Å². The molecular formula is C22H30BrN3O4. The van der Waals surface area contributed by atoms with E-state index in [1.807, 2.05) is 0 Å². The van der Waals surface area contributed by atoms with Crippen molar-refractivity contribution in [3.8, 4) is 5.75 Å². The number of aromatic hydroxyl groups is 1. The first-order valence-electron chi connectivity index (χ1n) is 10.6. The van der Waals surface area contributed by atoms with Crippen molar-refractivity contribution in [1.29, 1.82) is 0 Å². The monoisotopic (exact) mass is 479 g/mol. The van der Waals surface area contributed by atoms with E-state index in [-0.39, 0.29) is 5.91 Å². The maximum Gasteiger partial charge on any atom is 0.279 e. The summed E-state index contributed by atoms with van der Waals surface area (Å²) in [6.07, 6.45) is 10.6. The number of aromatic nitrogens is 1. The Bertz CT molecular complexity index is 926. The van der Waals surface area contributed by atoms with E-state index in [1.165, 1.54) is 38.5 Å². The van der Waals surface area contributed by atoms with E-state index in [1.54, 1.807) is 18.2 Å². The Morgan fingerprint density at radius 1 is 1.00 bits per heavy atom. The topological polar surface area (TPSA) is 111 Å². The van der Waals surface area contributed by atoms with Gasteiger partial charge in [0.1, 0.15) is 11.3 Å². The van der Waals surface area contributed by atoms with Gasteiger partial charge in [-0.1, -0.05) is 74.2 Å². The van der Waals surface area contributed by atoms with E-state index in [0.717, 1.165) is 19.3 Å². The second-order valence-electron chi connectivity index (χ2n) is 7.45. The number of aromatic amines is 1. The molecule has 0 radical (unpaired) electrons. The van der Waals surface area contributed by atoms with Crippen LogP contribution >= 0.6 is 15.9 Å². The molecule has 2 amide bonds. The van der Waals surface area contributed by atoms with Crippen LogP contribution < -0.4 is 16.4 Å². The van der Waals surface area contributed by atoms with Crippen molar-refractivity contribution < 1.29 is 14.7 Å². The first-order valence-corrected chi connectivity index (χ1v) is 11.4. The van der Waals surface area contributed by atoms with Crippen molar-refractivity contribution >= 4 is 38.6 Å². The highest BCUT2D eigenvalue weighted by atomic mass is 79.9. The Morgan fingerprint density at radius 2 is 1.63 bits per heavy atom. The fourth-order valence-corrected chi connectivity index (χ4v) is 3.67. The number of hydrogen-bond donors (Lipinski definition) is 4. The van der Waals surface area contributed by atoms with Gasteiger partial charge in [0.05, 0.1) is 5.52 Å². The molecule has 0 unspecified atom stereocenters. The van der Waals surface area contributed by atoms with Crippen molar-refractivity contribution in [1.82, 2.24) is 15.8 Å². The SMILES string of the molecule is CCCCCCCCCCCC(=O)NNC(=O)c1c(O)c2cc(Br)ccc2[nH]c1=O. The van der Waals surface area contributed by atoms with Gasteiger partial charge >= 0.3 is 0 Å². The Morgan fingerprint density at radius 3 is 2.30 bits per heavy atom. The lowest BCUT2D eigenvalue weighted by Gasteiger charge is -2.10. The number of fused-ring (bicyclic) bond motifs is 1. The van der Waals surface area contributed by atoms with E-state index in [0.29, 0.717) is 21.8 Å². The van der Waals surface area contributed by atoms with Gasteiger partial charge in [0.2, 0.25) is 5.91 Å². The number of benzene rings is 1. The third-order valence-corrected chi connectivity index (χ3v) is 5.49. The predicted molar refractivity (Wildman–Crippen MR) is 121 cm³/mol. The smallest absolute Gasteiger partial charge is 0.279 e. The molecule has 0 spiro atoms. The van der Waals surface area contributed by atoms with Gasteiger partial charge in [0.15, 0.2) is 0 Å². The lowest BCUT2D eigenvalue weighted by Crippen LogP contribution is -2.43. The minimum absolute atomic E-state index is 0.295. The molecule has 4 N–H and O–H groups in total. The van der Waals surface area contributed by atoms with Crippen molar-refractivity contribution in [3.05, 3.63) is 38.6 Å². The second kappa shape index (κ2) is 12.4. The molecule has 1 aromatic heterocycles. The zero-order chi connectivity index (χ0) is 21.9. The van der Waals surface area contributed by atoms with Gasteiger partial charge in [-0.25, -0.2) is 0 Å². The lowest BCUT2D eigenvalue weighted by molar-refractivity contribution is -0.122. The highest BCUT2D eigenvalue weighted by Gasteiger charge is 2.19. The van der Waals surface area contributed by atoms with Crippen LogP contribution in [0.4, 0.5) is 0 Å². The van der Waals surface area contributed by atoms with Gasteiger partial charge in [-0.15, -0.1) is 0 Å². The molecule has 2 aromatic rings. The van der Waals surface area contributed by atoms with E-state index < -0.39 is 22.8 Å². The van der Waals surface area contributed by atoms with Crippen molar-refractivity contribution in [2.24, 2.45) is 0 Å². The maximum atomic E-state index is 12.3. The van der Waals surface area contributed by atoms with Crippen molar-refractivity contribution in [2.75, 3.05) is 0 Å². The van der Waals surface area contributed by atoms with E-state index in [2.05, 4.69) is 38.7 Å². The van der Waals surface area contributed by atoms with Crippen LogP contribution in [0.3, 0.4) is 0 Å². The van der Waals surface area contributed by atoms with Gasteiger partial charge in [-0.3, -0.25) is 25.2 Å². The molecule has 0 atom stereocenters. The van der Waals surface area contributed by atoms with Gasteiger partial charge < -0.3 is 10.1 Å². The van der Waals surface area contributed by atoms with E-state index in [4.69, 9.17) is 0 Å². The van der Waals surface area contributed by atoms with Crippen LogP contribution in [0.25, 0.3) is 10.9 Å². The number of nitrogens with one attached hydrogen (secondary N) is 3. The van der Waals surface area contributed by atoms with Gasteiger partial charge in [0, 0.05) is 16.3 Å². The number of rotatable bonds is 11. The quantitative estimate of drug-likeness (QED) is 0.277. The number of hydrogen-bond acceptors (Lipinski definition) is 4. The summed E-state index contributed by atoms with van der Waals surface area (Å²) in [6.45, 7) is 2.20. The summed E-state index contributed by atoms with van der Waals surface area (Å²) in [5.74, 6) is -1.62. The Balaban J connectivity index is 1.76. The average molecular weight is 480 g/mol. The average Bonchev–Trinajstić information content (AvgIpc) is 2.71. The molecule has 0 fully saturated rings. The number of amides is 2. The summed E-state index contributed by atoms with van der Waals surface area (Å²) in [6, 6.07) is 4.93. The van der Waals surface area contributed by atoms with E-state index in [9.17, 15) is 19.5 Å². The molecule has 0 aliphatic carbocycles. The summed E-state index contributed by atoms with van der Waals surface area (Å²) >= 11 is 3.29. The number of H-pyrrole nitrogens is 1. The fraction of sp³-hybridized carbons (Fsp3) is 0.500. The summed E-state index contributed by atoms with van der Waals surface area (Å²) in [7, 11) is 0. The molecule has 0 aliphatic rings. The largest absolute Gasteiger partial charge is 0.506 e. The molecular weight excluding hydrogens is 450 g/mol. The molecule has 164 valence electrons. The Kier molecular flexibility index (Phi) is 9.86. The number of halogens is 1. The van der Waals surface area contributed by atoms with Crippen LogP contribution in [0.1, 0.15) is 81.5 Å². The van der Waals surface area contributed by atoms with Gasteiger partial charge in [0.25, 0.3) is 11.5 Å². The summed E-state index contributed by atoms with van der Waals surface area (Å²) < 4.78 is 0.693.